The van der Waals surface area contributed by atoms with Gasteiger partial charge in [0.2, 0.25) is 5.72 Å². The summed E-state index contributed by atoms with van der Waals surface area (Å²) in [5, 5.41) is 2.36. The van der Waals surface area contributed by atoms with Crippen molar-refractivity contribution in [3.05, 3.63) is 66.2 Å². The number of benzene rings is 3. The highest BCUT2D eigenvalue weighted by molar-refractivity contribution is 6.07. The highest BCUT2D eigenvalue weighted by atomic mass is 16.5. The zero-order valence-electron chi connectivity index (χ0n) is 17.7. The van der Waals surface area contributed by atoms with Crippen molar-refractivity contribution in [3.8, 4) is 5.75 Å². The lowest BCUT2D eigenvalue weighted by atomic mass is 9.73. The van der Waals surface area contributed by atoms with Gasteiger partial charge in [-0.1, -0.05) is 61.9 Å². The highest BCUT2D eigenvalue weighted by Crippen LogP contribution is 2.56. The third-order valence-electron chi connectivity index (χ3n) is 6.66. The molecule has 2 heterocycles. The van der Waals surface area contributed by atoms with Crippen LogP contribution >= 0.6 is 0 Å². The lowest BCUT2D eigenvalue weighted by molar-refractivity contribution is 0.0715. The van der Waals surface area contributed by atoms with E-state index in [-0.39, 0.29) is 5.41 Å². The van der Waals surface area contributed by atoms with Gasteiger partial charge in [0.15, 0.2) is 0 Å². The number of likely N-dealkylation sites (N-methyl/N-ethyl adjacent to an activating group) is 1. The lowest BCUT2D eigenvalue weighted by Crippen LogP contribution is -2.66. The van der Waals surface area contributed by atoms with Crippen molar-refractivity contribution in [1.29, 1.82) is 0 Å². The molecule has 1 unspecified atom stereocenters. The first-order valence-corrected chi connectivity index (χ1v) is 10.7. The Hall–Kier alpha value is -2.81. The van der Waals surface area contributed by atoms with Crippen LogP contribution in [-0.4, -0.2) is 18.0 Å². The fourth-order valence-corrected chi connectivity index (χ4v) is 5.34. The van der Waals surface area contributed by atoms with Crippen molar-refractivity contribution >= 4 is 27.9 Å². The van der Waals surface area contributed by atoms with Crippen molar-refractivity contribution in [1.82, 2.24) is 0 Å². The Morgan fingerprint density at radius 2 is 1.69 bits per heavy atom. The minimum Gasteiger partial charge on any atom is -0.459 e. The fourth-order valence-electron chi connectivity index (χ4n) is 5.34. The van der Waals surface area contributed by atoms with E-state index in [0.717, 1.165) is 41.9 Å². The standard InChI is InChI=1S/C26H28N2O/c1-5-11-23-26(25(3,4)20-14-9-10-15-21(20)28(26)6-2)29-22-17-16-18-12-7-8-13-19(18)24(22)27-23/h7-10,12-17H,5-6,11H2,1-4H3. The normalized spacial score (nSPS) is 21.7. The summed E-state index contributed by atoms with van der Waals surface area (Å²) in [6.45, 7) is 9.91. The average Bonchev–Trinajstić information content (AvgIpc) is 2.93. The molecule has 1 spiro atoms. The quantitative estimate of drug-likeness (QED) is 0.507. The molecule has 3 aromatic rings. The minimum absolute atomic E-state index is 0.225. The monoisotopic (exact) mass is 384 g/mol. The van der Waals surface area contributed by atoms with Gasteiger partial charge >= 0.3 is 0 Å². The summed E-state index contributed by atoms with van der Waals surface area (Å²) in [6, 6.07) is 21.4. The molecule has 0 aliphatic carbocycles. The Bertz CT molecular complexity index is 1130. The molecule has 3 nitrogen and oxygen atoms in total. The zero-order valence-corrected chi connectivity index (χ0v) is 17.7. The molecule has 1 atom stereocenters. The molecular weight excluding hydrogens is 356 g/mol. The summed E-state index contributed by atoms with van der Waals surface area (Å²) >= 11 is 0. The van der Waals surface area contributed by atoms with Gasteiger partial charge in [-0.15, -0.1) is 0 Å². The highest BCUT2D eigenvalue weighted by Gasteiger charge is 2.62. The van der Waals surface area contributed by atoms with Gasteiger partial charge in [-0.05, 0) is 50.3 Å². The molecule has 3 heteroatoms. The summed E-state index contributed by atoms with van der Waals surface area (Å²) in [5.74, 6) is 0.878. The van der Waals surface area contributed by atoms with Gasteiger partial charge in [0.25, 0.3) is 0 Å². The number of hydrogen-bond acceptors (Lipinski definition) is 3. The molecule has 0 radical (unpaired) electrons. The van der Waals surface area contributed by atoms with Crippen LogP contribution in [0.15, 0.2) is 65.7 Å². The van der Waals surface area contributed by atoms with E-state index in [4.69, 9.17) is 9.73 Å². The molecule has 29 heavy (non-hydrogen) atoms. The molecule has 0 bridgehead atoms. The van der Waals surface area contributed by atoms with Gasteiger partial charge in [0.1, 0.15) is 11.4 Å². The predicted octanol–water partition coefficient (Wildman–Crippen LogP) is 6.62. The second-order valence-electron chi connectivity index (χ2n) is 8.57. The molecular formula is C26H28N2O. The van der Waals surface area contributed by atoms with Crippen LogP contribution in [-0.2, 0) is 5.41 Å². The maximum Gasteiger partial charge on any atom is 0.231 e. The maximum atomic E-state index is 7.05. The molecule has 148 valence electrons. The maximum absolute atomic E-state index is 7.05. The lowest BCUT2D eigenvalue weighted by Gasteiger charge is -2.49. The number of anilines is 1. The number of aliphatic imine (C=N–C) groups is 1. The second kappa shape index (κ2) is 6.35. The summed E-state index contributed by atoms with van der Waals surface area (Å²) in [7, 11) is 0. The SMILES string of the molecule is CCCC1=Nc2c(ccc3ccccc23)OC12N(CC)c1ccccc1C2(C)C. The van der Waals surface area contributed by atoms with Gasteiger partial charge in [0, 0.05) is 17.6 Å². The van der Waals surface area contributed by atoms with Gasteiger partial charge in [-0.3, -0.25) is 0 Å². The summed E-state index contributed by atoms with van der Waals surface area (Å²) in [6.07, 6.45) is 1.95. The second-order valence-corrected chi connectivity index (χ2v) is 8.57. The van der Waals surface area contributed by atoms with E-state index in [0.29, 0.717) is 0 Å². The van der Waals surface area contributed by atoms with Gasteiger partial charge < -0.3 is 9.64 Å². The molecule has 2 aliphatic heterocycles. The Kier molecular flexibility index (Phi) is 3.99. The number of fused-ring (bicyclic) bond motifs is 4. The first-order valence-electron chi connectivity index (χ1n) is 10.7. The smallest absolute Gasteiger partial charge is 0.231 e. The van der Waals surface area contributed by atoms with Crippen LogP contribution < -0.4 is 9.64 Å². The van der Waals surface area contributed by atoms with Crippen LogP contribution in [0.5, 0.6) is 5.75 Å². The van der Waals surface area contributed by atoms with Crippen LogP contribution in [0.3, 0.4) is 0 Å². The number of nitrogens with zero attached hydrogens (tertiary/aromatic N) is 2. The van der Waals surface area contributed by atoms with E-state index in [2.05, 4.69) is 93.3 Å². The third-order valence-corrected chi connectivity index (χ3v) is 6.66. The molecule has 5 rings (SSSR count). The molecule has 0 amide bonds. The third kappa shape index (κ3) is 2.27. The number of ether oxygens (including phenoxy) is 1. The van der Waals surface area contributed by atoms with E-state index in [9.17, 15) is 0 Å². The van der Waals surface area contributed by atoms with Crippen molar-refractivity contribution in [3.63, 3.8) is 0 Å². The van der Waals surface area contributed by atoms with E-state index in [1.807, 2.05) is 0 Å². The Labute approximate surface area is 173 Å². The van der Waals surface area contributed by atoms with Gasteiger partial charge in [0.05, 0.1) is 11.1 Å². The Balaban J connectivity index is 1.80. The van der Waals surface area contributed by atoms with E-state index < -0.39 is 5.72 Å². The van der Waals surface area contributed by atoms with Crippen molar-refractivity contribution in [2.75, 3.05) is 11.4 Å². The van der Waals surface area contributed by atoms with E-state index >= 15 is 0 Å². The van der Waals surface area contributed by atoms with Gasteiger partial charge in [-0.2, -0.15) is 0 Å². The average molecular weight is 385 g/mol. The van der Waals surface area contributed by atoms with E-state index in [1.54, 1.807) is 0 Å². The van der Waals surface area contributed by atoms with Gasteiger partial charge in [-0.25, -0.2) is 4.99 Å². The van der Waals surface area contributed by atoms with Crippen LogP contribution in [0, 0.1) is 0 Å². The molecule has 0 aromatic heterocycles. The Morgan fingerprint density at radius 1 is 0.931 bits per heavy atom. The summed E-state index contributed by atoms with van der Waals surface area (Å²) in [4.78, 5) is 7.75. The molecule has 0 N–H and O–H groups in total. The number of para-hydroxylation sites is 1. The van der Waals surface area contributed by atoms with Crippen LogP contribution in [0.4, 0.5) is 11.4 Å². The Morgan fingerprint density at radius 3 is 2.48 bits per heavy atom. The zero-order chi connectivity index (χ0) is 20.2. The largest absolute Gasteiger partial charge is 0.459 e. The molecule has 0 saturated carbocycles. The molecule has 0 fully saturated rings. The topological polar surface area (TPSA) is 24.8 Å². The first-order chi connectivity index (χ1) is 14.0. The number of rotatable bonds is 3. The summed E-state index contributed by atoms with van der Waals surface area (Å²) < 4.78 is 7.05. The van der Waals surface area contributed by atoms with Crippen LogP contribution in [0.2, 0.25) is 0 Å². The molecule has 2 aliphatic rings. The minimum atomic E-state index is -0.600. The van der Waals surface area contributed by atoms with Crippen molar-refractivity contribution in [2.45, 2.75) is 51.7 Å². The van der Waals surface area contributed by atoms with Crippen LogP contribution in [0.1, 0.15) is 46.1 Å². The van der Waals surface area contributed by atoms with Crippen molar-refractivity contribution in [2.24, 2.45) is 4.99 Å². The number of hydrogen-bond donors (Lipinski definition) is 0. The predicted molar refractivity (Wildman–Crippen MR) is 122 cm³/mol. The molecule has 0 saturated heterocycles. The van der Waals surface area contributed by atoms with E-state index in [1.165, 1.54) is 16.6 Å². The van der Waals surface area contributed by atoms with Crippen molar-refractivity contribution < 1.29 is 4.74 Å². The summed E-state index contributed by atoms with van der Waals surface area (Å²) in [5.41, 5.74) is 3.86. The fraction of sp³-hybridized carbons (Fsp3) is 0.346. The first kappa shape index (κ1) is 18.2. The molecule has 3 aromatic carbocycles. The van der Waals surface area contributed by atoms with Crippen LogP contribution in [0.25, 0.3) is 10.8 Å².